The Labute approximate surface area is 179 Å². The van der Waals surface area contributed by atoms with Crippen molar-refractivity contribution in [3.8, 4) is 0 Å². The van der Waals surface area contributed by atoms with Crippen LogP contribution in [0.25, 0.3) is 0 Å². The second-order valence-corrected chi connectivity index (χ2v) is 6.29. The van der Waals surface area contributed by atoms with Crippen molar-refractivity contribution in [1.29, 1.82) is 0 Å². The van der Waals surface area contributed by atoms with Crippen LogP contribution >= 0.6 is 0 Å². The van der Waals surface area contributed by atoms with Crippen molar-refractivity contribution in [2.24, 2.45) is 0 Å². The number of hydrogen-bond donors (Lipinski definition) is 5. The molecule has 0 saturated heterocycles. The van der Waals surface area contributed by atoms with E-state index >= 15 is 0 Å². The summed E-state index contributed by atoms with van der Waals surface area (Å²) in [5.41, 5.74) is 0. The Balaban J connectivity index is -0.0000000476. The molecule has 5 nitrogen and oxygen atoms in total. The predicted octanol–water partition coefficient (Wildman–Crippen LogP) is 3.88. The minimum atomic E-state index is -0.116. The van der Waals surface area contributed by atoms with E-state index in [1.165, 1.54) is 0 Å². The van der Waals surface area contributed by atoms with Crippen LogP contribution in [0, 0.1) is 0 Å². The Bertz CT molecular complexity index is 141. The van der Waals surface area contributed by atoms with Gasteiger partial charge in [0.1, 0.15) is 0 Å². The van der Waals surface area contributed by atoms with Crippen molar-refractivity contribution in [1.82, 2.24) is 0 Å². The topological polar surface area (TPSA) is 101 Å². The summed E-state index contributed by atoms with van der Waals surface area (Å²) in [5, 5.41) is 41.8. The van der Waals surface area contributed by atoms with Crippen LogP contribution in [-0.4, -0.2) is 56.1 Å². The maximum absolute atomic E-state index is 8.36. The molecule has 5 unspecified atom stereocenters. The van der Waals surface area contributed by atoms with Gasteiger partial charge in [0, 0.05) is 22.4 Å². The Kier molecular flexibility index (Phi) is 57.5. The van der Waals surface area contributed by atoms with Crippen molar-refractivity contribution >= 4 is 0 Å². The van der Waals surface area contributed by atoms with E-state index in [-0.39, 0.29) is 52.9 Å². The van der Waals surface area contributed by atoms with Gasteiger partial charge in [0.05, 0.1) is 30.5 Å². The summed E-state index contributed by atoms with van der Waals surface area (Å²) in [6, 6.07) is 0. The van der Waals surface area contributed by atoms with Gasteiger partial charge < -0.3 is 25.5 Å². The summed E-state index contributed by atoms with van der Waals surface area (Å²) >= 11 is 0. The fourth-order valence-electron chi connectivity index (χ4n) is 0. The molecule has 0 aliphatic heterocycles. The first-order valence-electron chi connectivity index (χ1n) is 9.75. The second kappa shape index (κ2) is 36.5. The third kappa shape index (κ3) is 122. The fraction of sp³-hybridized carbons (Fsp3) is 1.00. The zero-order valence-electron chi connectivity index (χ0n) is 19.1. The van der Waals surface area contributed by atoms with E-state index in [2.05, 4.69) is 0 Å². The average molecular weight is 464 g/mol. The third-order valence-corrected chi connectivity index (χ3v) is 2.95. The van der Waals surface area contributed by atoms with E-state index in [1.54, 1.807) is 34.6 Å². The van der Waals surface area contributed by atoms with Crippen LogP contribution in [0.15, 0.2) is 0 Å². The van der Waals surface area contributed by atoms with Crippen LogP contribution in [0.2, 0.25) is 0 Å². The van der Waals surface area contributed by atoms with Gasteiger partial charge in [-0.05, 0) is 66.7 Å². The first-order valence-corrected chi connectivity index (χ1v) is 9.75. The third-order valence-electron chi connectivity index (χ3n) is 2.95. The summed E-state index contributed by atoms with van der Waals surface area (Å²) in [6.07, 6.45) is 3.73. The smallest absolute Gasteiger partial charge is 0.0509 e. The molecule has 0 bridgehead atoms. The van der Waals surface area contributed by atoms with Gasteiger partial charge in [-0.3, -0.25) is 0 Å². The second-order valence-electron chi connectivity index (χ2n) is 6.29. The predicted molar refractivity (Wildman–Crippen MR) is 110 cm³/mol. The Morgan fingerprint density at radius 3 is 0.423 bits per heavy atom. The number of aliphatic hydroxyl groups excluding tert-OH is 5. The molecule has 0 aliphatic carbocycles. The van der Waals surface area contributed by atoms with Crippen molar-refractivity contribution in [2.45, 2.75) is 132 Å². The van der Waals surface area contributed by atoms with Gasteiger partial charge in [-0.1, -0.05) is 34.6 Å². The molecule has 165 valence electrons. The molecular weight excluding hydrogens is 413 g/mol. The van der Waals surface area contributed by atoms with Crippen LogP contribution < -0.4 is 0 Å². The molecule has 0 rings (SSSR count). The van der Waals surface area contributed by atoms with E-state index in [0.717, 1.165) is 32.1 Å². The van der Waals surface area contributed by atoms with Gasteiger partial charge in [-0.15, -0.1) is 0 Å². The largest absolute Gasteiger partial charge is 0.393 e. The summed E-state index contributed by atoms with van der Waals surface area (Å²) in [6.45, 7) is 18.6. The normalized spacial score (nSPS) is 14.4. The zero-order chi connectivity index (χ0) is 21.4. The van der Waals surface area contributed by atoms with E-state index in [0.29, 0.717) is 0 Å². The number of aliphatic hydroxyl groups is 5. The first-order chi connectivity index (χ1) is 11.4. The fourth-order valence-corrected chi connectivity index (χ4v) is 0. The number of hydrogen-bond acceptors (Lipinski definition) is 5. The molecule has 0 aromatic carbocycles. The number of rotatable bonds is 5. The van der Waals surface area contributed by atoms with Crippen LogP contribution in [0.1, 0.15) is 101 Å². The Morgan fingerprint density at radius 1 is 0.385 bits per heavy atom. The SMILES string of the molecule is CCC(C)O.CCC(C)O.CCC(C)O.CCC(C)O.CCC(C)O.[Nb]. The molecule has 0 aromatic rings. The van der Waals surface area contributed by atoms with Gasteiger partial charge in [-0.25, -0.2) is 0 Å². The Morgan fingerprint density at radius 2 is 0.423 bits per heavy atom. The molecule has 0 heterocycles. The van der Waals surface area contributed by atoms with Crippen molar-refractivity contribution in [3.05, 3.63) is 0 Å². The van der Waals surface area contributed by atoms with Gasteiger partial charge in [-0.2, -0.15) is 0 Å². The summed E-state index contributed by atoms with van der Waals surface area (Å²) in [7, 11) is 0. The van der Waals surface area contributed by atoms with E-state index in [1.807, 2.05) is 34.6 Å². The molecule has 5 atom stereocenters. The average Bonchev–Trinajstić information content (AvgIpc) is 2.56. The van der Waals surface area contributed by atoms with Gasteiger partial charge in [0.2, 0.25) is 0 Å². The molecule has 0 aliphatic rings. The molecule has 1 radical (unpaired) electrons. The summed E-state index contributed by atoms with van der Waals surface area (Å²) < 4.78 is 0. The molecule has 0 saturated carbocycles. The minimum absolute atomic E-state index is 0. The quantitative estimate of drug-likeness (QED) is 0.399. The summed E-state index contributed by atoms with van der Waals surface area (Å²) in [4.78, 5) is 0. The first kappa shape index (κ1) is 41.0. The molecule has 26 heavy (non-hydrogen) atoms. The van der Waals surface area contributed by atoms with Crippen molar-refractivity contribution < 1.29 is 47.9 Å². The maximum atomic E-state index is 8.36. The standard InChI is InChI=1S/5C4H10O.Nb/c5*1-3-4(2)5;/h5*4-5H,3H2,1-2H3;. The van der Waals surface area contributed by atoms with Crippen molar-refractivity contribution in [3.63, 3.8) is 0 Å². The summed E-state index contributed by atoms with van der Waals surface area (Å²) in [5.74, 6) is 0. The molecule has 0 amide bonds. The monoisotopic (exact) mass is 463 g/mol. The zero-order valence-corrected chi connectivity index (χ0v) is 21.3. The minimum Gasteiger partial charge on any atom is -0.393 e. The van der Waals surface area contributed by atoms with Crippen LogP contribution in [0.3, 0.4) is 0 Å². The van der Waals surface area contributed by atoms with Crippen LogP contribution in [0.4, 0.5) is 0 Å². The van der Waals surface area contributed by atoms with E-state index < -0.39 is 0 Å². The van der Waals surface area contributed by atoms with Gasteiger partial charge in [0.25, 0.3) is 0 Å². The Hall–Kier alpha value is 0.540. The van der Waals surface area contributed by atoms with Gasteiger partial charge in [0.15, 0.2) is 0 Å². The van der Waals surface area contributed by atoms with Crippen LogP contribution in [-0.2, 0) is 22.4 Å². The molecule has 0 fully saturated rings. The molecule has 0 spiro atoms. The van der Waals surface area contributed by atoms with Crippen LogP contribution in [0.5, 0.6) is 0 Å². The molecule has 0 aromatic heterocycles. The van der Waals surface area contributed by atoms with E-state index in [4.69, 9.17) is 25.5 Å². The van der Waals surface area contributed by atoms with Crippen molar-refractivity contribution in [2.75, 3.05) is 0 Å². The molecular formula is C20H50NbO5. The molecule has 6 heteroatoms. The maximum Gasteiger partial charge on any atom is 0.0509 e. The van der Waals surface area contributed by atoms with E-state index in [9.17, 15) is 0 Å². The molecule has 5 N–H and O–H groups in total. The van der Waals surface area contributed by atoms with Gasteiger partial charge >= 0.3 is 0 Å².